The van der Waals surface area contributed by atoms with Gasteiger partial charge in [0.1, 0.15) is 10.6 Å². The highest BCUT2D eigenvalue weighted by atomic mass is 32.2. The molecule has 6 heteroatoms. The van der Waals surface area contributed by atoms with Crippen LogP contribution in [0.1, 0.15) is 25.3 Å². The van der Waals surface area contributed by atoms with Gasteiger partial charge in [0.25, 0.3) is 0 Å². The van der Waals surface area contributed by atoms with Gasteiger partial charge in [-0.3, -0.25) is 0 Å². The molecule has 0 aromatic heterocycles. The highest BCUT2D eigenvalue weighted by Crippen LogP contribution is 2.37. The van der Waals surface area contributed by atoms with E-state index in [4.69, 9.17) is 4.74 Å². The molecule has 0 spiro atoms. The summed E-state index contributed by atoms with van der Waals surface area (Å²) in [6, 6.07) is 5.14. The molecule has 0 atom stereocenters. The monoisotopic (exact) mass is 284 g/mol. The van der Waals surface area contributed by atoms with Gasteiger partial charge in [0.15, 0.2) is 0 Å². The SMILES string of the molecule is CNCc1ccc(S(=O)(=O)NC2(C)CC2)c(OC)c1. The lowest BCUT2D eigenvalue weighted by atomic mass is 10.2. The summed E-state index contributed by atoms with van der Waals surface area (Å²) in [5, 5.41) is 3.02. The summed E-state index contributed by atoms with van der Waals surface area (Å²) in [5.41, 5.74) is 0.698. The van der Waals surface area contributed by atoms with Gasteiger partial charge < -0.3 is 10.1 Å². The summed E-state index contributed by atoms with van der Waals surface area (Å²) in [6.07, 6.45) is 1.76. The number of benzene rings is 1. The minimum Gasteiger partial charge on any atom is -0.495 e. The van der Waals surface area contributed by atoms with Crippen molar-refractivity contribution < 1.29 is 13.2 Å². The number of ether oxygens (including phenoxy) is 1. The van der Waals surface area contributed by atoms with Crippen molar-refractivity contribution in [1.29, 1.82) is 0 Å². The summed E-state index contributed by atoms with van der Waals surface area (Å²) in [4.78, 5) is 0.197. The van der Waals surface area contributed by atoms with Crippen LogP contribution < -0.4 is 14.8 Å². The first-order valence-corrected chi connectivity index (χ1v) is 7.74. The topological polar surface area (TPSA) is 67.4 Å². The maximum Gasteiger partial charge on any atom is 0.244 e. The average molecular weight is 284 g/mol. The third-order valence-corrected chi connectivity index (χ3v) is 4.96. The smallest absolute Gasteiger partial charge is 0.244 e. The van der Waals surface area contributed by atoms with E-state index >= 15 is 0 Å². The van der Waals surface area contributed by atoms with E-state index in [1.54, 1.807) is 18.2 Å². The number of hydrogen-bond acceptors (Lipinski definition) is 4. The quantitative estimate of drug-likeness (QED) is 0.825. The Labute approximate surface area is 114 Å². The molecule has 1 aromatic carbocycles. The first-order valence-electron chi connectivity index (χ1n) is 6.26. The number of methoxy groups -OCH3 is 1. The van der Waals surface area contributed by atoms with E-state index < -0.39 is 10.0 Å². The van der Waals surface area contributed by atoms with Gasteiger partial charge in [-0.05, 0) is 44.5 Å². The molecule has 1 aliphatic carbocycles. The summed E-state index contributed by atoms with van der Waals surface area (Å²) >= 11 is 0. The van der Waals surface area contributed by atoms with E-state index in [9.17, 15) is 8.42 Å². The second-order valence-corrected chi connectivity index (χ2v) is 6.83. The van der Waals surface area contributed by atoms with Gasteiger partial charge in [0, 0.05) is 12.1 Å². The van der Waals surface area contributed by atoms with Crippen molar-refractivity contribution in [2.24, 2.45) is 0 Å². The second kappa shape index (κ2) is 5.11. The van der Waals surface area contributed by atoms with Gasteiger partial charge >= 0.3 is 0 Å². The maximum atomic E-state index is 12.3. The molecule has 0 bridgehead atoms. The van der Waals surface area contributed by atoms with Crippen LogP contribution in [0.3, 0.4) is 0 Å². The van der Waals surface area contributed by atoms with E-state index in [0.29, 0.717) is 12.3 Å². The molecule has 2 N–H and O–H groups in total. The lowest BCUT2D eigenvalue weighted by molar-refractivity contribution is 0.401. The van der Waals surface area contributed by atoms with Crippen molar-refractivity contribution >= 4 is 10.0 Å². The number of rotatable bonds is 6. The third-order valence-electron chi connectivity index (χ3n) is 3.28. The Morgan fingerprint density at radius 2 is 2.05 bits per heavy atom. The summed E-state index contributed by atoms with van der Waals surface area (Å²) in [7, 11) is -0.203. The Kier molecular flexibility index (Phi) is 3.85. The molecule has 0 heterocycles. The molecule has 0 unspecified atom stereocenters. The van der Waals surface area contributed by atoms with Gasteiger partial charge in [-0.2, -0.15) is 0 Å². The highest BCUT2D eigenvalue weighted by molar-refractivity contribution is 7.89. The Bertz CT molecular complexity index is 565. The zero-order chi connectivity index (χ0) is 14.1. The zero-order valence-electron chi connectivity index (χ0n) is 11.5. The molecule has 1 aliphatic rings. The first kappa shape index (κ1) is 14.3. The third kappa shape index (κ3) is 3.26. The molecule has 0 saturated heterocycles. The van der Waals surface area contributed by atoms with Gasteiger partial charge in [0.05, 0.1) is 7.11 Å². The summed E-state index contributed by atoms with van der Waals surface area (Å²) in [5.74, 6) is 0.379. The molecule has 2 rings (SSSR count). The number of nitrogens with one attached hydrogen (secondary N) is 2. The van der Waals surface area contributed by atoms with Crippen molar-refractivity contribution in [2.75, 3.05) is 14.2 Å². The molecular formula is C13H20N2O3S. The van der Waals surface area contributed by atoms with Gasteiger partial charge in [-0.1, -0.05) is 6.07 Å². The van der Waals surface area contributed by atoms with Crippen LogP contribution in [-0.4, -0.2) is 28.1 Å². The highest BCUT2D eigenvalue weighted by Gasteiger charge is 2.41. The van der Waals surface area contributed by atoms with Crippen LogP contribution in [0, 0.1) is 0 Å². The summed E-state index contributed by atoms with van der Waals surface area (Å²) < 4.78 is 32.6. The van der Waals surface area contributed by atoms with Crippen LogP contribution in [0.15, 0.2) is 23.1 Å². The van der Waals surface area contributed by atoms with Crippen molar-refractivity contribution in [3.8, 4) is 5.75 Å². The Morgan fingerprint density at radius 1 is 1.37 bits per heavy atom. The molecule has 0 amide bonds. The predicted molar refractivity (Wildman–Crippen MR) is 73.7 cm³/mol. The fourth-order valence-electron chi connectivity index (χ4n) is 1.92. The van der Waals surface area contributed by atoms with Crippen LogP contribution in [0.2, 0.25) is 0 Å². The minimum atomic E-state index is -3.53. The number of hydrogen-bond donors (Lipinski definition) is 2. The first-order chi connectivity index (χ1) is 8.90. The predicted octanol–water partition coefficient (Wildman–Crippen LogP) is 1.25. The van der Waals surface area contributed by atoms with Crippen molar-refractivity contribution in [3.63, 3.8) is 0 Å². The van der Waals surface area contributed by atoms with Crippen LogP contribution >= 0.6 is 0 Å². The Balaban J connectivity index is 2.32. The summed E-state index contributed by atoms with van der Waals surface area (Å²) in [6.45, 7) is 2.58. The van der Waals surface area contributed by atoms with Crippen LogP contribution in [0.4, 0.5) is 0 Å². The van der Waals surface area contributed by atoms with E-state index in [1.165, 1.54) is 7.11 Å². The average Bonchev–Trinajstić information content (AvgIpc) is 3.05. The van der Waals surface area contributed by atoms with Crippen LogP contribution in [0.5, 0.6) is 5.75 Å². The molecule has 1 aromatic rings. The lowest BCUT2D eigenvalue weighted by Crippen LogP contribution is -2.34. The van der Waals surface area contributed by atoms with Crippen molar-refractivity contribution in [3.05, 3.63) is 23.8 Å². The fraction of sp³-hybridized carbons (Fsp3) is 0.538. The van der Waals surface area contributed by atoms with E-state index in [0.717, 1.165) is 18.4 Å². The molecule has 0 aliphatic heterocycles. The molecule has 0 radical (unpaired) electrons. The maximum absolute atomic E-state index is 12.3. The second-order valence-electron chi connectivity index (χ2n) is 5.18. The van der Waals surface area contributed by atoms with Gasteiger partial charge in [0.2, 0.25) is 10.0 Å². The zero-order valence-corrected chi connectivity index (χ0v) is 12.3. The Hall–Kier alpha value is -1.11. The van der Waals surface area contributed by atoms with Gasteiger partial charge in [-0.15, -0.1) is 0 Å². The molecule has 106 valence electrons. The molecule has 5 nitrogen and oxygen atoms in total. The van der Waals surface area contributed by atoms with Gasteiger partial charge in [-0.25, -0.2) is 13.1 Å². The Morgan fingerprint density at radius 3 is 2.58 bits per heavy atom. The van der Waals surface area contributed by atoms with Crippen molar-refractivity contribution in [1.82, 2.24) is 10.0 Å². The number of sulfonamides is 1. The standard InChI is InChI=1S/C13H20N2O3S/c1-13(6-7-13)15-19(16,17)12-5-4-10(9-14-2)8-11(12)18-3/h4-5,8,14-15H,6-7,9H2,1-3H3. The van der Waals surface area contributed by atoms with E-state index in [1.807, 2.05) is 14.0 Å². The van der Waals surface area contributed by atoms with E-state index in [2.05, 4.69) is 10.0 Å². The fourth-order valence-corrected chi connectivity index (χ4v) is 3.53. The molecule has 19 heavy (non-hydrogen) atoms. The van der Waals surface area contributed by atoms with Crippen LogP contribution in [-0.2, 0) is 16.6 Å². The molecular weight excluding hydrogens is 264 g/mol. The molecule has 1 fully saturated rings. The van der Waals surface area contributed by atoms with E-state index in [-0.39, 0.29) is 10.4 Å². The minimum absolute atomic E-state index is 0.197. The van der Waals surface area contributed by atoms with Crippen LogP contribution in [0.25, 0.3) is 0 Å². The van der Waals surface area contributed by atoms with Crippen molar-refractivity contribution in [2.45, 2.75) is 36.7 Å². The largest absolute Gasteiger partial charge is 0.495 e. The normalized spacial score (nSPS) is 17.2. The molecule has 1 saturated carbocycles. The lowest BCUT2D eigenvalue weighted by Gasteiger charge is -2.15.